The van der Waals surface area contributed by atoms with Gasteiger partial charge in [-0.3, -0.25) is 4.79 Å². The highest BCUT2D eigenvalue weighted by Crippen LogP contribution is 2.37. The first-order valence-electron chi connectivity index (χ1n) is 7.92. The summed E-state index contributed by atoms with van der Waals surface area (Å²) in [5.74, 6) is -0.0296. The second-order valence-electron chi connectivity index (χ2n) is 5.98. The van der Waals surface area contributed by atoms with Crippen LogP contribution in [0, 0.1) is 0 Å². The first kappa shape index (κ1) is 17.5. The smallest absolute Gasteiger partial charge is 0.254 e. The van der Waals surface area contributed by atoms with Gasteiger partial charge in [0.15, 0.2) is 0 Å². The second kappa shape index (κ2) is 7.73. The summed E-state index contributed by atoms with van der Waals surface area (Å²) in [6.07, 6.45) is 5.65. The number of nitrogens with one attached hydrogen (secondary N) is 1. The summed E-state index contributed by atoms with van der Waals surface area (Å²) < 4.78 is 0. The summed E-state index contributed by atoms with van der Waals surface area (Å²) in [6, 6.07) is 8.95. The van der Waals surface area contributed by atoms with Crippen molar-refractivity contribution in [3.63, 3.8) is 0 Å². The molecule has 1 aromatic heterocycles. The Morgan fingerprint density at radius 2 is 1.92 bits per heavy atom. The molecule has 0 spiro atoms. The Balaban J connectivity index is 1.82. The van der Waals surface area contributed by atoms with Crippen LogP contribution in [0.15, 0.2) is 36.5 Å². The number of aromatic nitrogens is 1. The van der Waals surface area contributed by atoms with Gasteiger partial charge in [-0.05, 0) is 42.7 Å². The molecular formula is C18H17Cl3N2O. The maximum Gasteiger partial charge on any atom is 0.254 e. The number of benzene rings is 1. The molecule has 1 saturated carbocycles. The van der Waals surface area contributed by atoms with Crippen LogP contribution in [-0.4, -0.2) is 16.9 Å². The first-order valence-corrected chi connectivity index (χ1v) is 9.06. The summed E-state index contributed by atoms with van der Waals surface area (Å²) in [7, 11) is 0. The summed E-state index contributed by atoms with van der Waals surface area (Å²) in [5, 5.41) is 4.59. The number of hydrogen-bond acceptors (Lipinski definition) is 2. The SMILES string of the molecule is O=C(N[C@@H]1CCCC[C@@H]1c1ccc(Cl)cc1Cl)c1cccnc1Cl. The minimum atomic E-state index is -0.199. The minimum absolute atomic E-state index is 0.0150. The number of rotatable bonds is 3. The molecule has 2 atom stereocenters. The highest BCUT2D eigenvalue weighted by atomic mass is 35.5. The molecule has 24 heavy (non-hydrogen) atoms. The molecule has 2 aromatic rings. The van der Waals surface area contributed by atoms with Crippen molar-refractivity contribution >= 4 is 40.7 Å². The molecule has 1 aliphatic rings. The van der Waals surface area contributed by atoms with Crippen LogP contribution in [0.2, 0.25) is 15.2 Å². The van der Waals surface area contributed by atoms with Gasteiger partial charge in [0.25, 0.3) is 5.91 Å². The molecule has 1 heterocycles. The number of amides is 1. The van der Waals surface area contributed by atoms with Crippen LogP contribution in [0.5, 0.6) is 0 Å². The fourth-order valence-corrected chi connectivity index (χ4v) is 4.03. The Bertz CT molecular complexity index is 751. The third-order valence-corrected chi connectivity index (χ3v) is 5.31. The fraction of sp³-hybridized carbons (Fsp3) is 0.333. The predicted octanol–water partition coefficient (Wildman–Crippen LogP) is 5.50. The van der Waals surface area contributed by atoms with E-state index in [9.17, 15) is 4.79 Å². The number of carbonyl (C=O) groups excluding carboxylic acids is 1. The summed E-state index contributed by atoms with van der Waals surface area (Å²) in [5.41, 5.74) is 1.43. The van der Waals surface area contributed by atoms with Gasteiger partial charge in [-0.2, -0.15) is 0 Å². The van der Waals surface area contributed by atoms with Crippen molar-refractivity contribution in [2.45, 2.75) is 37.6 Å². The van der Waals surface area contributed by atoms with Crippen molar-refractivity contribution < 1.29 is 4.79 Å². The van der Waals surface area contributed by atoms with Gasteiger partial charge in [0, 0.05) is 28.2 Å². The van der Waals surface area contributed by atoms with Gasteiger partial charge in [-0.15, -0.1) is 0 Å². The third-order valence-electron chi connectivity index (χ3n) is 4.45. The van der Waals surface area contributed by atoms with Gasteiger partial charge < -0.3 is 5.32 Å². The summed E-state index contributed by atoms with van der Waals surface area (Å²) in [4.78, 5) is 16.5. The van der Waals surface area contributed by atoms with Gasteiger partial charge >= 0.3 is 0 Å². The molecule has 3 nitrogen and oxygen atoms in total. The van der Waals surface area contributed by atoms with Gasteiger partial charge in [0.1, 0.15) is 5.15 Å². The van der Waals surface area contributed by atoms with E-state index in [0.29, 0.717) is 15.6 Å². The van der Waals surface area contributed by atoms with Crippen molar-refractivity contribution in [3.05, 3.63) is 62.9 Å². The molecule has 1 fully saturated rings. The lowest BCUT2D eigenvalue weighted by atomic mass is 9.80. The third kappa shape index (κ3) is 3.85. The minimum Gasteiger partial charge on any atom is -0.349 e. The Hall–Kier alpha value is -1.29. The molecule has 126 valence electrons. The van der Waals surface area contributed by atoms with Gasteiger partial charge in [-0.25, -0.2) is 4.98 Å². The Morgan fingerprint density at radius 1 is 1.12 bits per heavy atom. The van der Waals surface area contributed by atoms with Crippen molar-refractivity contribution in [1.82, 2.24) is 10.3 Å². The zero-order chi connectivity index (χ0) is 17.1. The normalized spacial score (nSPS) is 20.6. The maximum atomic E-state index is 12.6. The highest BCUT2D eigenvalue weighted by Gasteiger charge is 2.30. The molecule has 0 radical (unpaired) electrons. The van der Waals surface area contributed by atoms with Crippen LogP contribution < -0.4 is 5.32 Å². The first-order chi connectivity index (χ1) is 11.6. The van der Waals surface area contributed by atoms with E-state index >= 15 is 0 Å². The molecule has 1 amide bonds. The van der Waals surface area contributed by atoms with Crippen LogP contribution in [0.3, 0.4) is 0 Å². The molecule has 0 unspecified atom stereocenters. The maximum absolute atomic E-state index is 12.6. The number of pyridine rings is 1. The van der Waals surface area contributed by atoms with E-state index in [1.807, 2.05) is 12.1 Å². The lowest BCUT2D eigenvalue weighted by molar-refractivity contribution is 0.0920. The number of carbonyl (C=O) groups is 1. The van der Waals surface area contributed by atoms with E-state index in [1.165, 1.54) is 0 Å². The van der Waals surface area contributed by atoms with E-state index in [1.54, 1.807) is 24.4 Å². The zero-order valence-electron chi connectivity index (χ0n) is 12.9. The molecule has 6 heteroatoms. The highest BCUT2D eigenvalue weighted by molar-refractivity contribution is 6.35. The van der Waals surface area contributed by atoms with Crippen molar-refractivity contribution in [2.24, 2.45) is 0 Å². The van der Waals surface area contributed by atoms with Crippen molar-refractivity contribution in [2.75, 3.05) is 0 Å². The monoisotopic (exact) mass is 382 g/mol. The van der Waals surface area contributed by atoms with Crippen LogP contribution in [0.4, 0.5) is 0 Å². The molecule has 0 aliphatic heterocycles. The topological polar surface area (TPSA) is 42.0 Å². The molecule has 0 bridgehead atoms. The van der Waals surface area contributed by atoms with E-state index in [4.69, 9.17) is 34.8 Å². The standard InChI is InChI=1S/C18H17Cl3N2O/c19-11-7-8-12(15(20)10-11)13-4-1-2-6-16(13)23-18(24)14-5-3-9-22-17(14)21/h3,5,7-10,13,16H,1-2,4,6H2,(H,23,24)/t13-,16-/m1/s1. The van der Waals surface area contributed by atoms with Crippen molar-refractivity contribution in [1.29, 1.82) is 0 Å². The molecule has 1 N–H and O–H groups in total. The second-order valence-corrected chi connectivity index (χ2v) is 7.18. The Kier molecular flexibility index (Phi) is 5.65. The average Bonchev–Trinajstić information content (AvgIpc) is 2.56. The lowest BCUT2D eigenvalue weighted by Gasteiger charge is -2.33. The number of halogens is 3. The number of nitrogens with zero attached hydrogens (tertiary/aromatic N) is 1. The zero-order valence-corrected chi connectivity index (χ0v) is 15.2. The molecule has 1 aliphatic carbocycles. The summed E-state index contributed by atoms with van der Waals surface area (Å²) >= 11 is 18.4. The van der Waals surface area contributed by atoms with E-state index in [2.05, 4.69) is 10.3 Å². The molecule has 1 aromatic carbocycles. The predicted molar refractivity (Wildman–Crippen MR) is 98.2 cm³/mol. The van der Waals surface area contributed by atoms with Gasteiger partial charge in [-0.1, -0.05) is 53.7 Å². The fourth-order valence-electron chi connectivity index (χ4n) is 3.28. The van der Waals surface area contributed by atoms with E-state index in [-0.39, 0.29) is 23.0 Å². The van der Waals surface area contributed by atoms with Gasteiger partial charge in [0.05, 0.1) is 5.56 Å². The van der Waals surface area contributed by atoms with Crippen LogP contribution in [-0.2, 0) is 0 Å². The molecular weight excluding hydrogens is 367 g/mol. The Labute approximate surface area is 156 Å². The largest absolute Gasteiger partial charge is 0.349 e. The Morgan fingerprint density at radius 3 is 2.67 bits per heavy atom. The van der Waals surface area contributed by atoms with Crippen LogP contribution in [0.1, 0.15) is 47.5 Å². The lowest BCUT2D eigenvalue weighted by Crippen LogP contribution is -2.41. The molecule has 3 rings (SSSR count). The van der Waals surface area contributed by atoms with Crippen LogP contribution in [0.25, 0.3) is 0 Å². The summed E-state index contributed by atoms with van der Waals surface area (Å²) in [6.45, 7) is 0. The van der Waals surface area contributed by atoms with E-state index in [0.717, 1.165) is 31.2 Å². The average molecular weight is 384 g/mol. The molecule has 0 saturated heterocycles. The van der Waals surface area contributed by atoms with Gasteiger partial charge in [0.2, 0.25) is 0 Å². The van der Waals surface area contributed by atoms with Crippen molar-refractivity contribution in [3.8, 4) is 0 Å². The van der Waals surface area contributed by atoms with Crippen LogP contribution >= 0.6 is 34.8 Å². The van der Waals surface area contributed by atoms with E-state index < -0.39 is 0 Å². The number of hydrogen-bond donors (Lipinski definition) is 1. The quantitative estimate of drug-likeness (QED) is 0.711.